The first-order valence-electron chi connectivity index (χ1n) is 6.69. The largest absolute Gasteiger partial charge is 0.496 e. The minimum atomic E-state index is -0.466. The minimum absolute atomic E-state index is 0.261. The van der Waals surface area contributed by atoms with Crippen LogP contribution in [0, 0.1) is 0 Å². The third-order valence-electron chi connectivity index (χ3n) is 3.17. The number of ether oxygens (including phenoxy) is 2. The molecule has 0 aliphatic carbocycles. The van der Waals surface area contributed by atoms with Crippen LogP contribution in [-0.2, 0) is 9.53 Å². The van der Waals surface area contributed by atoms with Crippen LogP contribution < -0.4 is 4.74 Å². The van der Waals surface area contributed by atoms with Gasteiger partial charge < -0.3 is 9.47 Å². The predicted molar refractivity (Wildman–Crippen MR) is 95.4 cm³/mol. The Bertz CT molecular complexity index is 843. The molecule has 0 bridgehead atoms. The number of halogens is 2. The maximum Gasteiger partial charge on any atom is 0.363 e. The number of rotatable bonds is 3. The van der Waals surface area contributed by atoms with Crippen molar-refractivity contribution in [3.63, 3.8) is 0 Å². The molecule has 0 unspecified atom stereocenters. The van der Waals surface area contributed by atoms with E-state index < -0.39 is 5.97 Å². The molecular formula is C17H11Br2NO3. The van der Waals surface area contributed by atoms with Crippen molar-refractivity contribution in [1.82, 2.24) is 0 Å². The zero-order valence-electron chi connectivity index (χ0n) is 12.0. The summed E-state index contributed by atoms with van der Waals surface area (Å²) in [6.07, 6.45) is 1.68. The summed E-state index contributed by atoms with van der Waals surface area (Å²) in [5.41, 5.74) is 1.83. The lowest BCUT2D eigenvalue weighted by Gasteiger charge is -2.03. The topological polar surface area (TPSA) is 47.9 Å². The third-order valence-corrected chi connectivity index (χ3v) is 4.28. The summed E-state index contributed by atoms with van der Waals surface area (Å²) < 4.78 is 12.1. The lowest BCUT2D eigenvalue weighted by atomic mass is 10.2. The molecule has 116 valence electrons. The fraction of sp³-hybridized carbons (Fsp3) is 0.0588. The van der Waals surface area contributed by atoms with Crippen LogP contribution in [-0.4, -0.2) is 19.0 Å². The van der Waals surface area contributed by atoms with E-state index >= 15 is 0 Å². The summed E-state index contributed by atoms with van der Waals surface area (Å²) in [6, 6.07) is 12.9. The molecule has 0 saturated carbocycles. The molecule has 0 N–H and O–H groups in total. The lowest BCUT2D eigenvalue weighted by molar-refractivity contribution is -0.129. The molecule has 4 nitrogen and oxygen atoms in total. The van der Waals surface area contributed by atoms with Crippen molar-refractivity contribution < 1.29 is 14.3 Å². The predicted octanol–water partition coefficient (Wildman–Crippen LogP) is 4.56. The Balaban J connectivity index is 1.93. The smallest absolute Gasteiger partial charge is 0.363 e. The molecule has 6 heteroatoms. The molecule has 1 aliphatic rings. The van der Waals surface area contributed by atoms with E-state index in [-0.39, 0.29) is 5.70 Å². The fourth-order valence-corrected chi connectivity index (χ4v) is 3.04. The van der Waals surface area contributed by atoms with Crippen molar-refractivity contribution in [2.45, 2.75) is 0 Å². The van der Waals surface area contributed by atoms with Crippen LogP contribution in [0.1, 0.15) is 11.1 Å². The summed E-state index contributed by atoms with van der Waals surface area (Å²) in [5.74, 6) is 0.557. The van der Waals surface area contributed by atoms with Crippen LogP contribution in [0.5, 0.6) is 5.75 Å². The van der Waals surface area contributed by atoms with Crippen LogP contribution in [0.25, 0.3) is 6.08 Å². The molecule has 0 fully saturated rings. The molecule has 0 saturated heterocycles. The van der Waals surface area contributed by atoms with Gasteiger partial charge >= 0.3 is 5.97 Å². The highest BCUT2D eigenvalue weighted by molar-refractivity contribution is 9.10. The van der Waals surface area contributed by atoms with Crippen molar-refractivity contribution >= 4 is 49.8 Å². The van der Waals surface area contributed by atoms with Crippen LogP contribution in [0.3, 0.4) is 0 Å². The minimum Gasteiger partial charge on any atom is -0.496 e. The Hall–Kier alpha value is -1.92. The summed E-state index contributed by atoms with van der Waals surface area (Å²) in [7, 11) is 1.60. The second kappa shape index (κ2) is 6.68. The van der Waals surface area contributed by atoms with E-state index in [1.54, 1.807) is 13.2 Å². The van der Waals surface area contributed by atoms with E-state index in [4.69, 9.17) is 9.47 Å². The quantitative estimate of drug-likeness (QED) is 0.523. The number of cyclic esters (lactones) is 1. The summed E-state index contributed by atoms with van der Waals surface area (Å²) in [4.78, 5) is 16.3. The normalized spacial score (nSPS) is 15.5. The summed E-state index contributed by atoms with van der Waals surface area (Å²) in [6.45, 7) is 0. The second-order valence-corrected chi connectivity index (χ2v) is 6.51. The van der Waals surface area contributed by atoms with E-state index in [1.165, 1.54) is 0 Å². The van der Waals surface area contributed by atoms with Crippen LogP contribution >= 0.6 is 31.9 Å². The van der Waals surface area contributed by atoms with Crippen LogP contribution in [0.4, 0.5) is 0 Å². The number of carbonyl (C=O) groups is 1. The van der Waals surface area contributed by atoms with Gasteiger partial charge in [0, 0.05) is 10.0 Å². The average molecular weight is 437 g/mol. The van der Waals surface area contributed by atoms with Gasteiger partial charge in [-0.25, -0.2) is 9.79 Å². The molecule has 2 aromatic carbocycles. The van der Waals surface area contributed by atoms with Gasteiger partial charge in [0.05, 0.1) is 11.6 Å². The van der Waals surface area contributed by atoms with E-state index in [9.17, 15) is 4.79 Å². The molecule has 2 aromatic rings. The molecule has 0 aromatic heterocycles. The number of methoxy groups -OCH3 is 1. The molecule has 0 atom stereocenters. The SMILES string of the molecule is COc1ccc(/C=C2\N=C(c3cccc(Br)c3)OC2=O)cc1Br. The number of aliphatic imine (C=N–C) groups is 1. The van der Waals surface area contributed by atoms with Crippen molar-refractivity contribution in [2.75, 3.05) is 7.11 Å². The van der Waals surface area contributed by atoms with E-state index in [2.05, 4.69) is 36.9 Å². The first kappa shape index (κ1) is 16.0. The van der Waals surface area contributed by atoms with E-state index in [0.29, 0.717) is 5.90 Å². The van der Waals surface area contributed by atoms with E-state index in [1.807, 2.05) is 42.5 Å². The third kappa shape index (κ3) is 3.54. The van der Waals surface area contributed by atoms with Gasteiger partial charge in [0.25, 0.3) is 0 Å². The number of nitrogens with zero attached hydrogens (tertiary/aromatic N) is 1. The Kier molecular flexibility index (Phi) is 4.63. The summed E-state index contributed by atoms with van der Waals surface area (Å²) in [5, 5.41) is 0. The monoisotopic (exact) mass is 435 g/mol. The summed E-state index contributed by atoms with van der Waals surface area (Å²) >= 11 is 6.80. The maximum absolute atomic E-state index is 12.0. The van der Waals surface area contributed by atoms with Gasteiger partial charge in [0.15, 0.2) is 5.70 Å². The zero-order chi connectivity index (χ0) is 16.4. The highest BCUT2D eigenvalue weighted by Crippen LogP contribution is 2.27. The number of esters is 1. The van der Waals surface area contributed by atoms with Crippen molar-refractivity contribution in [3.05, 3.63) is 68.2 Å². The molecule has 0 radical (unpaired) electrons. The number of carbonyl (C=O) groups excluding carboxylic acids is 1. The van der Waals surface area contributed by atoms with Gasteiger partial charge in [-0.1, -0.05) is 28.1 Å². The van der Waals surface area contributed by atoms with Gasteiger partial charge in [-0.15, -0.1) is 0 Å². The van der Waals surface area contributed by atoms with Crippen molar-refractivity contribution in [3.8, 4) is 5.75 Å². The maximum atomic E-state index is 12.0. The first-order chi connectivity index (χ1) is 11.1. The van der Waals surface area contributed by atoms with Crippen molar-refractivity contribution in [1.29, 1.82) is 0 Å². The molecular weight excluding hydrogens is 426 g/mol. The number of hydrogen-bond acceptors (Lipinski definition) is 4. The molecule has 0 amide bonds. The first-order valence-corrected chi connectivity index (χ1v) is 8.27. The van der Waals surface area contributed by atoms with Crippen LogP contribution in [0.2, 0.25) is 0 Å². The number of benzene rings is 2. The molecule has 1 heterocycles. The average Bonchev–Trinajstić information content (AvgIpc) is 2.89. The Labute approximate surface area is 150 Å². The van der Waals surface area contributed by atoms with Gasteiger partial charge in [0.2, 0.25) is 5.90 Å². The Morgan fingerprint density at radius 2 is 2.00 bits per heavy atom. The Morgan fingerprint density at radius 1 is 1.17 bits per heavy atom. The molecule has 0 spiro atoms. The number of hydrogen-bond donors (Lipinski definition) is 0. The standard InChI is InChI=1S/C17H11Br2NO3/c1-22-15-6-5-10(7-13(15)19)8-14-17(21)23-16(20-14)11-3-2-4-12(18)9-11/h2-9H,1H3/b14-8-. The van der Waals surface area contributed by atoms with Crippen molar-refractivity contribution in [2.24, 2.45) is 4.99 Å². The van der Waals surface area contributed by atoms with Gasteiger partial charge in [-0.05, 0) is 57.9 Å². The molecule has 3 rings (SSSR count). The highest BCUT2D eigenvalue weighted by atomic mass is 79.9. The fourth-order valence-electron chi connectivity index (χ4n) is 2.08. The van der Waals surface area contributed by atoms with Gasteiger partial charge in [-0.2, -0.15) is 0 Å². The van der Waals surface area contributed by atoms with Crippen LogP contribution in [0.15, 0.2) is 62.1 Å². The van der Waals surface area contributed by atoms with E-state index in [0.717, 1.165) is 25.8 Å². The second-order valence-electron chi connectivity index (χ2n) is 4.74. The van der Waals surface area contributed by atoms with Gasteiger partial charge in [0.1, 0.15) is 5.75 Å². The zero-order valence-corrected chi connectivity index (χ0v) is 15.2. The van der Waals surface area contributed by atoms with Gasteiger partial charge in [-0.3, -0.25) is 0 Å². The highest BCUT2D eigenvalue weighted by Gasteiger charge is 2.24. The molecule has 1 aliphatic heterocycles. The molecule has 23 heavy (non-hydrogen) atoms. The Morgan fingerprint density at radius 3 is 2.70 bits per heavy atom. The lowest BCUT2D eigenvalue weighted by Crippen LogP contribution is -2.05.